The van der Waals surface area contributed by atoms with E-state index in [1.165, 1.54) is 4.68 Å². The molecule has 0 aliphatic heterocycles. The van der Waals surface area contributed by atoms with Gasteiger partial charge in [-0.2, -0.15) is 4.98 Å². The van der Waals surface area contributed by atoms with Gasteiger partial charge in [0.05, 0.1) is 15.7 Å². The molecule has 0 N–H and O–H groups in total. The summed E-state index contributed by atoms with van der Waals surface area (Å²) >= 11 is 18.6. The maximum atomic E-state index is 6.25. The molecule has 0 radical (unpaired) electrons. The number of rotatable bonds is 2. The summed E-state index contributed by atoms with van der Waals surface area (Å²) in [4.78, 5) is 4.27. The molecule has 0 atom stereocenters. The molecule has 0 aliphatic rings. The molecular weight excluding hydrogens is 329 g/mol. The van der Waals surface area contributed by atoms with E-state index in [-0.39, 0.29) is 5.28 Å². The van der Waals surface area contributed by atoms with Crippen LogP contribution in [0.15, 0.2) is 42.5 Å². The van der Waals surface area contributed by atoms with Crippen LogP contribution in [0.4, 0.5) is 0 Å². The summed E-state index contributed by atoms with van der Waals surface area (Å²) in [6.07, 6.45) is 0. The van der Waals surface area contributed by atoms with Crippen LogP contribution >= 0.6 is 34.8 Å². The van der Waals surface area contributed by atoms with Crippen LogP contribution in [0.2, 0.25) is 15.3 Å². The van der Waals surface area contributed by atoms with Crippen molar-refractivity contribution in [3.63, 3.8) is 0 Å². The first kappa shape index (κ1) is 14.4. The quantitative estimate of drug-likeness (QED) is 0.642. The molecule has 0 saturated heterocycles. The first-order chi connectivity index (χ1) is 10.1. The summed E-state index contributed by atoms with van der Waals surface area (Å²) in [5.41, 5.74) is 2.40. The molecule has 0 bridgehead atoms. The van der Waals surface area contributed by atoms with E-state index < -0.39 is 0 Å². The Morgan fingerprint density at radius 2 is 1.62 bits per heavy atom. The lowest BCUT2D eigenvalue weighted by atomic mass is 10.2. The number of benzene rings is 2. The van der Waals surface area contributed by atoms with Gasteiger partial charge in [0.2, 0.25) is 5.28 Å². The number of halogens is 3. The van der Waals surface area contributed by atoms with Crippen LogP contribution in [0.1, 0.15) is 5.56 Å². The minimum absolute atomic E-state index is 0.237. The Hall–Kier alpha value is -1.55. The Morgan fingerprint density at radius 3 is 2.33 bits per heavy atom. The standard InChI is InChI=1S/C15H10Cl3N3/c1-9-5-4-8-12(17)13(9)21-15(18)19-14(20-21)10-6-2-3-7-11(10)16/h2-8H,1H3. The van der Waals surface area contributed by atoms with Crippen LogP contribution < -0.4 is 0 Å². The molecule has 0 fully saturated rings. The SMILES string of the molecule is Cc1cccc(Cl)c1-n1nc(-c2ccccc2Cl)nc1Cl. The Labute approximate surface area is 137 Å². The lowest BCUT2D eigenvalue weighted by Gasteiger charge is -2.07. The fourth-order valence-electron chi connectivity index (χ4n) is 2.08. The molecule has 0 saturated carbocycles. The van der Waals surface area contributed by atoms with Gasteiger partial charge in [-0.15, -0.1) is 5.10 Å². The summed E-state index contributed by atoms with van der Waals surface area (Å²) in [7, 11) is 0. The topological polar surface area (TPSA) is 30.7 Å². The van der Waals surface area contributed by atoms with Crippen LogP contribution in [0.3, 0.4) is 0 Å². The highest BCUT2D eigenvalue weighted by Crippen LogP contribution is 2.30. The zero-order chi connectivity index (χ0) is 15.0. The van der Waals surface area contributed by atoms with Crippen molar-refractivity contribution in [1.29, 1.82) is 0 Å². The van der Waals surface area contributed by atoms with Crippen LogP contribution in [-0.4, -0.2) is 14.8 Å². The monoisotopic (exact) mass is 337 g/mol. The number of hydrogen-bond donors (Lipinski definition) is 0. The van der Waals surface area contributed by atoms with Crippen molar-refractivity contribution in [2.24, 2.45) is 0 Å². The molecule has 0 unspecified atom stereocenters. The summed E-state index contributed by atoms with van der Waals surface area (Å²) in [5.74, 6) is 0.463. The first-order valence-corrected chi connectivity index (χ1v) is 7.34. The van der Waals surface area contributed by atoms with Crippen LogP contribution in [0.25, 0.3) is 17.1 Å². The van der Waals surface area contributed by atoms with E-state index in [0.29, 0.717) is 15.9 Å². The second kappa shape index (κ2) is 5.68. The summed E-state index contributed by atoms with van der Waals surface area (Å²) in [6.45, 7) is 1.94. The minimum Gasteiger partial charge on any atom is -0.201 e. The molecule has 0 spiro atoms. The molecular formula is C15H10Cl3N3. The minimum atomic E-state index is 0.237. The van der Waals surface area contributed by atoms with Gasteiger partial charge in [0.1, 0.15) is 0 Å². The van der Waals surface area contributed by atoms with Crippen molar-refractivity contribution in [2.45, 2.75) is 6.92 Å². The number of hydrogen-bond acceptors (Lipinski definition) is 2. The lowest BCUT2D eigenvalue weighted by Crippen LogP contribution is -2.00. The van der Waals surface area contributed by atoms with Gasteiger partial charge in [-0.05, 0) is 42.3 Å². The first-order valence-electron chi connectivity index (χ1n) is 6.21. The predicted octanol–water partition coefficient (Wildman–Crippen LogP) is 5.20. The van der Waals surface area contributed by atoms with E-state index in [4.69, 9.17) is 34.8 Å². The molecule has 3 rings (SSSR count). The maximum Gasteiger partial charge on any atom is 0.226 e. The zero-order valence-electron chi connectivity index (χ0n) is 11.0. The van der Waals surface area contributed by atoms with Crippen LogP contribution in [0.5, 0.6) is 0 Å². The highest BCUT2D eigenvalue weighted by molar-refractivity contribution is 6.34. The molecule has 3 nitrogen and oxygen atoms in total. The second-order valence-corrected chi connectivity index (χ2v) is 5.65. The van der Waals surface area contributed by atoms with E-state index in [0.717, 1.165) is 16.8 Å². The fraction of sp³-hybridized carbons (Fsp3) is 0.0667. The third kappa shape index (κ3) is 2.64. The van der Waals surface area contributed by atoms with Crippen molar-refractivity contribution in [3.05, 3.63) is 63.4 Å². The third-order valence-corrected chi connectivity index (χ3v) is 3.96. The zero-order valence-corrected chi connectivity index (χ0v) is 13.3. The summed E-state index contributed by atoms with van der Waals surface area (Å²) < 4.78 is 1.53. The molecule has 3 aromatic rings. The largest absolute Gasteiger partial charge is 0.226 e. The van der Waals surface area contributed by atoms with Gasteiger partial charge >= 0.3 is 0 Å². The highest BCUT2D eigenvalue weighted by atomic mass is 35.5. The van der Waals surface area contributed by atoms with E-state index in [9.17, 15) is 0 Å². The molecule has 0 amide bonds. The number of nitrogens with zero attached hydrogens (tertiary/aromatic N) is 3. The molecule has 21 heavy (non-hydrogen) atoms. The van der Waals surface area contributed by atoms with Gasteiger partial charge in [-0.3, -0.25) is 0 Å². The molecule has 1 heterocycles. The van der Waals surface area contributed by atoms with Crippen molar-refractivity contribution >= 4 is 34.8 Å². The van der Waals surface area contributed by atoms with Gasteiger partial charge in [0, 0.05) is 5.56 Å². The number of para-hydroxylation sites is 1. The van der Waals surface area contributed by atoms with Gasteiger partial charge in [0.15, 0.2) is 5.82 Å². The Kier molecular flexibility index (Phi) is 3.89. The number of aromatic nitrogens is 3. The normalized spacial score (nSPS) is 10.9. The lowest BCUT2D eigenvalue weighted by molar-refractivity contribution is 0.875. The van der Waals surface area contributed by atoms with E-state index in [2.05, 4.69) is 10.1 Å². The van der Waals surface area contributed by atoms with Crippen molar-refractivity contribution in [2.75, 3.05) is 0 Å². The fourth-order valence-corrected chi connectivity index (χ4v) is 2.81. The summed E-state index contributed by atoms with van der Waals surface area (Å²) in [5, 5.41) is 5.81. The molecule has 0 aliphatic carbocycles. The summed E-state index contributed by atoms with van der Waals surface area (Å²) in [6, 6.07) is 13.0. The van der Waals surface area contributed by atoms with Gasteiger partial charge in [0.25, 0.3) is 0 Å². The smallest absolute Gasteiger partial charge is 0.201 e. The van der Waals surface area contributed by atoms with Gasteiger partial charge in [-0.25, -0.2) is 4.68 Å². The van der Waals surface area contributed by atoms with Gasteiger partial charge < -0.3 is 0 Å². The van der Waals surface area contributed by atoms with Gasteiger partial charge in [-0.1, -0.05) is 47.5 Å². The van der Waals surface area contributed by atoms with Crippen molar-refractivity contribution in [1.82, 2.24) is 14.8 Å². The maximum absolute atomic E-state index is 6.25. The van der Waals surface area contributed by atoms with Crippen LogP contribution in [-0.2, 0) is 0 Å². The molecule has 106 valence electrons. The predicted molar refractivity (Wildman–Crippen MR) is 86.6 cm³/mol. The van der Waals surface area contributed by atoms with Crippen molar-refractivity contribution in [3.8, 4) is 17.1 Å². The second-order valence-electron chi connectivity index (χ2n) is 4.50. The van der Waals surface area contributed by atoms with E-state index >= 15 is 0 Å². The van der Waals surface area contributed by atoms with E-state index in [1.54, 1.807) is 12.1 Å². The highest BCUT2D eigenvalue weighted by Gasteiger charge is 2.16. The average Bonchev–Trinajstić information content (AvgIpc) is 2.81. The van der Waals surface area contributed by atoms with E-state index in [1.807, 2.05) is 37.3 Å². The van der Waals surface area contributed by atoms with Crippen molar-refractivity contribution < 1.29 is 0 Å². The van der Waals surface area contributed by atoms with Crippen LogP contribution in [0, 0.1) is 6.92 Å². The number of aryl methyl sites for hydroxylation is 1. The Bertz CT molecular complexity index is 791. The average molecular weight is 339 g/mol. The third-order valence-electron chi connectivity index (χ3n) is 3.08. The Morgan fingerprint density at radius 1 is 0.905 bits per heavy atom. The molecule has 2 aromatic carbocycles. The Balaban J connectivity index is 2.18. The molecule has 1 aromatic heterocycles. The molecule has 6 heteroatoms.